The molecule has 2 aromatic rings. The maximum Gasteiger partial charge on any atom is 0.319 e. The Kier molecular flexibility index (Phi) is 5.95. The average Bonchev–Trinajstić information content (AvgIpc) is 3.36. The van der Waals surface area contributed by atoms with Crippen molar-refractivity contribution in [3.63, 3.8) is 0 Å². The standard InChI is InChI=1S/C22H23N5O4S/c1-2-13-23-22(29)25-16-11-9-15(10-12-16)24-21(28)18-7-5-14-27(18)20-17-6-3-4-8-19(17)32(30,31)26-20/h2-4,6,8-12,18H,1,5,7,13-14H2,(H,24,28)(H2,23,25,29)/t18-/m0/s1. The second-order valence-corrected chi connectivity index (χ2v) is 9.00. The summed E-state index contributed by atoms with van der Waals surface area (Å²) in [6, 6.07) is 12.5. The summed E-state index contributed by atoms with van der Waals surface area (Å²) in [6.07, 6.45) is 2.92. The zero-order chi connectivity index (χ0) is 22.7. The van der Waals surface area contributed by atoms with E-state index in [4.69, 9.17) is 0 Å². The Bertz CT molecular complexity index is 1190. The minimum Gasteiger partial charge on any atom is -0.343 e. The van der Waals surface area contributed by atoms with Gasteiger partial charge in [0.2, 0.25) is 5.91 Å². The molecule has 1 saturated heterocycles. The van der Waals surface area contributed by atoms with Crippen LogP contribution >= 0.6 is 0 Å². The first kappa shape index (κ1) is 21.6. The van der Waals surface area contributed by atoms with E-state index in [1.807, 2.05) is 0 Å². The lowest BCUT2D eigenvalue weighted by Crippen LogP contribution is -2.43. The summed E-state index contributed by atoms with van der Waals surface area (Å²) >= 11 is 0. The molecule has 2 aliphatic rings. The van der Waals surface area contributed by atoms with Gasteiger partial charge in [0.15, 0.2) is 5.84 Å². The van der Waals surface area contributed by atoms with Gasteiger partial charge in [-0.15, -0.1) is 11.0 Å². The Labute approximate surface area is 186 Å². The molecular weight excluding hydrogens is 430 g/mol. The number of hydrogen-bond acceptors (Lipinski definition) is 5. The van der Waals surface area contributed by atoms with Gasteiger partial charge in [-0.1, -0.05) is 18.2 Å². The summed E-state index contributed by atoms with van der Waals surface area (Å²) in [5, 5.41) is 8.16. The molecule has 32 heavy (non-hydrogen) atoms. The van der Waals surface area contributed by atoms with E-state index >= 15 is 0 Å². The minimum atomic E-state index is -3.75. The second kappa shape index (κ2) is 8.83. The van der Waals surface area contributed by atoms with Gasteiger partial charge in [0.25, 0.3) is 10.0 Å². The van der Waals surface area contributed by atoms with Crippen molar-refractivity contribution < 1.29 is 18.0 Å². The molecule has 1 atom stereocenters. The van der Waals surface area contributed by atoms with Crippen molar-refractivity contribution in [2.75, 3.05) is 23.7 Å². The summed E-state index contributed by atoms with van der Waals surface area (Å²) in [5.74, 6) is 0.0831. The van der Waals surface area contributed by atoms with Crippen molar-refractivity contribution in [3.05, 3.63) is 66.7 Å². The lowest BCUT2D eigenvalue weighted by Gasteiger charge is -2.25. The summed E-state index contributed by atoms with van der Waals surface area (Å²) in [5.41, 5.74) is 1.67. The molecule has 0 radical (unpaired) electrons. The molecule has 0 unspecified atom stereocenters. The van der Waals surface area contributed by atoms with Crippen LogP contribution in [0.1, 0.15) is 18.4 Å². The lowest BCUT2D eigenvalue weighted by atomic mass is 10.1. The first-order chi connectivity index (χ1) is 15.4. The first-order valence-corrected chi connectivity index (χ1v) is 11.6. The minimum absolute atomic E-state index is 0.168. The van der Waals surface area contributed by atoms with Gasteiger partial charge in [-0.05, 0) is 49.2 Å². The maximum atomic E-state index is 13.0. The summed E-state index contributed by atoms with van der Waals surface area (Å²) in [7, 11) is -3.75. The van der Waals surface area contributed by atoms with E-state index in [1.54, 1.807) is 53.4 Å². The van der Waals surface area contributed by atoms with Gasteiger partial charge in [-0.3, -0.25) is 4.79 Å². The summed E-state index contributed by atoms with van der Waals surface area (Å²) < 4.78 is 28.8. The number of carbonyl (C=O) groups excluding carboxylic acids is 2. The van der Waals surface area contributed by atoms with Crippen LogP contribution in [0.5, 0.6) is 0 Å². The van der Waals surface area contributed by atoms with Gasteiger partial charge < -0.3 is 20.9 Å². The van der Waals surface area contributed by atoms with E-state index in [0.717, 1.165) is 6.42 Å². The highest BCUT2D eigenvalue weighted by molar-refractivity contribution is 7.90. The Morgan fingerprint density at radius 3 is 2.50 bits per heavy atom. The van der Waals surface area contributed by atoms with Crippen LogP contribution in [0.3, 0.4) is 0 Å². The van der Waals surface area contributed by atoms with Crippen LogP contribution in [0.4, 0.5) is 16.2 Å². The Morgan fingerprint density at radius 1 is 1.09 bits per heavy atom. The van der Waals surface area contributed by atoms with Crippen LogP contribution in [0.25, 0.3) is 0 Å². The third-order valence-corrected chi connectivity index (χ3v) is 6.58. The quantitative estimate of drug-likeness (QED) is 0.601. The highest BCUT2D eigenvalue weighted by Crippen LogP contribution is 2.31. The lowest BCUT2D eigenvalue weighted by molar-refractivity contribution is -0.119. The molecule has 0 aromatic heterocycles. The summed E-state index contributed by atoms with van der Waals surface area (Å²) in [4.78, 5) is 26.6. The number of hydrogen-bond donors (Lipinski definition) is 3. The highest BCUT2D eigenvalue weighted by Gasteiger charge is 2.39. The first-order valence-electron chi connectivity index (χ1n) is 10.2. The van der Waals surface area contributed by atoms with Gasteiger partial charge in [-0.2, -0.15) is 8.42 Å². The van der Waals surface area contributed by atoms with Crippen LogP contribution in [-0.2, 0) is 14.8 Å². The van der Waals surface area contributed by atoms with E-state index in [2.05, 4.69) is 26.9 Å². The van der Waals surface area contributed by atoms with Gasteiger partial charge in [0, 0.05) is 30.0 Å². The molecule has 1 fully saturated rings. The molecule has 2 heterocycles. The molecule has 3 N–H and O–H groups in total. The number of amides is 3. The molecular formula is C22H23N5O4S. The largest absolute Gasteiger partial charge is 0.343 e. The Balaban J connectivity index is 1.45. The topological polar surface area (TPSA) is 120 Å². The molecule has 0 spiro atoms. The molecule has 9 nitrogen and oxygen atoms in total. The number of likely N-dealkylation sites (tertiary alicyclic amines) is 1. The van der Waals surface area contributed by atoms with Crippen LogP contribution in [0, 0.1) is 0 Å². The van der Waals surface area contributed by atoms with E-state index in [-0.39, 0.29) is 16.8 Å². The normalized spacial score (nSPS) is 18.4. The highest BCUT2D eigenvalue weighted by atomic mass is 32.2. The number of sulfonamides is 1. The monoisotopic (exact) mass is 453 g/mol. The molecule has 2 aromatic carbocycles. The van der Waals surface area contributed by atoms with Crippen LogP contribution in [0.15, 0.2) is 70.5 Å². The molecule has 166 valence electrons. The molecule has 10 heteroatoms. The van der Waals surface area contributed by atoms with Crippen molar-refractivity contribution in [3.8, 4) is 0 Å². The number of urea groups is 1. The number of fused-ring (bicyclic) bond motifs is 1. The van der Waals surface area contributed by atoms with Crippen molar-refractivity contribution in [2.45, 2.75) is 23.8 Å². The zero-order valence-electron chi connectivity index (χ0n) is 17.2. The van der Waals surface area contributed by atoms with E-state index in [0.29, 0.717) is 42.3 Å². The smallest absolute Gasteiger partial charge is 0.319 e. The van der Waals surface area contributed by atoms with Crippen LogP contribution in [0.2, 0.25) is 0 Å². The fraction of sp³-hybridized carbons (Fsp3) is 0.227. The van der Waals surface area contributed by atoms with Gasteiger partial charge in [0.1, 0.15) is 10.9 Å². The fourth-order valence-corrected chi connectivity index (χ4v) is 5.01. The predicted octanol–water partition coefficient (Wildman–Crippen LogP) is 2.55. The predicted molar refractivity (Wildman–Crippen MR) is 122 cm³/mol. The molecule has 3 amide bonds. The van der Waals surface area contributed by atoms with E-state index < -0.39 is 16.1 Å². The zero-order valence-corrected chi connectivity index (χ0v) is 18.1. The van der Waals surface area contributed by atoms with Crippen molar-refractivity contribution in [2.24, 2.45) is 4.40 Å². The van der Waals surface area contributed by atoms with Gasteiger partial charge in [0.05, 0.1) is 0 Å². The van der Waals surface area contributed by atoms with E-state index in [1.165, 1.54) is 6.07 Å². The fourth-order valence-electron chi connectivity index (χ4n) is 3.79. The van der Waals surface area contributed by atoms with Crippen molar-refractivity contribution in [1.82, 2.24) is 10.2 Å². The number of carbonyl (C=O) groups is 2. The number of benzene rings is 2. The third kappa shape index (κ3) is 4.35. The Morgan fingerprint density at radius 2 is 1.78 bits per heavy atom. The van der Waals surface area contributed by atoms with Crippen molar-refractivity contribution in [1.29, 1.82) is 0 Å². The number of nitrogens with one attached hydrogen (secondary N) is 3. The maximum absolute atomic E-state index is 13.0. The van der Waals surface area contributed by atoms with E-state index in [9.17, 15) is 18.0 Å². The number of rotatable bonds is 5. The van der Waals surface area contributed by atoms with Gasteiger partial charge >= 0.3 is 6.03 Å². The van der Waals surface area contributed by atoms with Crippen LogP contribution < -0.4 is 16.0 Å². The molecule has 0 bridgehead atoms. The third-order valence-electron chi connectivity index (χ3n) is 5.26. The second-order valence-electron chi connectivity index (χ2n) is 7.43. The number of nitrogens with zero attached hydrogens (tertiary/aromatic N) is 2. The molecule has 0 saturated carbocycles. The number of anilines is 2. The number of amidine groups is 1. The van der Waals surface area contributed by atoms with Crippen molar-refractivity contribution >= 4 is 39.2 Å². The SMILES string of the molecule is C=CCNC(=O)Nc1ccc(NC(=O)[C@@H]2CCCN2C2=NS(=O)(=O)c3ccccc32)cc1. The average molecular weight is 454 g/mol. The summed E-state index contributed by atoms with van der Waals surface area (Å²) in [6.45, 7) is 4.44. The molecule has 4 rings (SSSR count). The molecule has 2 aliphatic heterocycles. The Hall–Kier alpha value is -3.66. The van der Waals surface area contributed by atoms with Gasteiger partial charge in [-0.25, -0.2) is 4.79 Å². The van der Waals surface area contributed by atoms with Crippen LogP contribution in [-0.4, -0.2) is 50.2 Å². The molecule has 0 aliphatic carbocycles.